The molecule has 2 amide bonds. The summed E-state index contributed by atoms with van der Waals surface area (Å²) in [6, 6.07) is 0.756. The molecule has 1 unspecified atom stereocenters. The molecule has 0 spiro atoms. The van der Waals surface area contributed by atoms with Crippen LogP contribution in [0.5, 0.6) is 11.5 Å². The number of aliphatic hydroxyl groups is 1. The van der Waals surface area contributed by atoms with E-state index in [1.807, 2.05) is 0 Å². The molecule has 13 heteroatoms. The molecule has 1 aromatic carbocycles. The van der Waals surface area contributed by atoms with E-state index in [9.17, 15) is 28.6 Å². The number of halogens is 3. The highest BCUT2D eigenvalue weighted by molar-refractivity contribution is 6.03. The fourth-order valence-electron chi connectivity index (χ4n) is 5.65. The fourth-order valence-corrected chi connectivity index (χ4v) is 5.65. The summed E-state index contributed by atoms with van der Waals surface area (Å²) in [5.41, 5.74) is -3.30. The first-order valence-corrected chi connectivity index (χ1v) is 13.4. The highest BCUT2D eigenvalue weighted by atomic mass is 19.1. The summed E-state index contributed by atoms with van der Waals surface area (Å²) < 4.78 is 56.7. The number of β-amino-alcohol motifs (C(OH)–C–C–N with tert-alkyl or cyclic N) is 1. The van der Waals surface area contributed by atoms with Gasteiger partial charge in [-0.05, 0) is 53.2 Å². The lowest BCUT2D eigenvalue weighted by atomic mass is 9.99. The zero-order valence-corrected chi connectivity index (χ0v) is 23.5. The van der Waals surface area contributed by atoms with Gasteiger partial charge in [0.1, 0.15) is 35.1 Å². The van der Waals surface area contributed by atoms with Crippen molar-refractivity contribution in [3.63, 3.8) is 0 Å². The SMILES string of the molecule is CC(C)(C)OC(=O)N1CCN2C(=O)c3c(N4CC(O)CC4(C)C)nc(-c4c(F)ccc(F)c4O)c(F)c3OC[C@H]2C1. The average molecular weight is 579 g/mol. The Labute approximate surface area is 235 Å². The molecule has 2 N–H and O–H groups in total. The fraction of sp³-hybridized carbons (Fsp3) is 0.536. The Hall–Kier alpha value is -3.74. The molecule has 2 aromatic rings. The van der Waals surface area contributed by atoms with Crippen molar-refractivity contribution in [2.24, 2.45) is 0 Å². The first kappa shape index (κ1) is 28.8. The summed E-state index contributed by atoms with van der Waals surface area (Å²) in [5, 5.41) is 20.8. The normalized spacial score (nSPS) is 22.2. The van der Waals surface area contributed by atoms with Crippen molar-refractivity contribution in [2.45, 2.75) is 64.3 Å². The van der Waals surface area contributed by atoms with Gasteiger partial charge in [0, 0.05) is 31.7 Å². The van der Waals surface area contributed by atoms with Gasteiger partial charge in [-0.2, -0.15) is 0 Å². The van der Waals surface area contributed by atoms with Crippen LogP contribution >= 0.6 is 0 Å². The van der Waals surface area contributed by atoms with Gasteiger partial charge in [-0.15, -0.1) is 0 Å². The number of hydrogen-bond acceptors (Lipinski definition) is 8. The number of pyridine rings is 1. The van der Waals surface area contributed by atoms with E-state index in [0.29, 0.717) is 12.5 Å². The number of piperazine rings is 1. The number of phenols is 1. The maximum atomic E-state index is 16.2. The quantitative estimate of drug-likeness (QED) is 0.555. The number of rotatable bonds is 2. The molecular formula is C28H33F3N4O6. The molecule has 0 aliphatic carbocycles. The van der Waals surface area contributed by atoms with E-state index in [-0.39, 0.29) is 44.2 Å². The number of amides is 2. The highest BCUT2D eigenvalue weighted by Crippen LogP contribution is 2.45. The lowest BCUT2D eigenvalue weighted by molar-refractivity contribution is 0.000864. The van der Waals surface area contributed by atoms with Gasteiger partial charge < -0.3 is 34.4 Å². The minimum atomic E-state index is -1.25. The van der Waals surface area contributed by atoms with E-state index in [1.165, 1.54) is 9.80 Å². The first-order valence-electron chi connectivity index (χ1n) is 13.4. The number of anilines is 1. The van der Waals surface area contributed by atoms with Crippen LogP contribution in [0.1, 0.15) is 51.4 Å². The van der Waals surface area contributed by atoms with Gasteiger partial charge >= 0.3 is 6.09 Å². The van der Waals surface area contributed by atoms with Gasteiger partial charge in [0.05, 0.1) is 17.7 Å². The molecule has 5 rings (SSSR count). The van der Waals surface area contributed by atoms with Gasteiger partial charge in [0.2, 0.25) is 0 Å². The molecular weight excluding hydrogens is 545 g/mol. The van der Waals surface area contributed by atoms with Gasteiger partial charge in [0.15, 0.2) is 23.1 Å². The Kier molecular flexibility index (Phi) is 6.99. The monoisotopic (exact) mass is 578 g/mol. The number of aliphatic hydroxyl groups excluding tert-OH is 1. The molecule has 10 nitrogen and oxygen atoms in total. The van der Waals surface area contributed by atoms with E-state index in [4.69, 9.17) is 9.47 Å². The molecule has 2 saturated heterocycles. The Bertz CT molecular complexity index is 1410. The van der Waals surface area contributed by atoms with Crippen LogP contribution in [0, 0.1) is 17.5 Å². The predicted octanol–water partition coefficient (Wildman–Crippen LogP) is 3.68. The van der Waals surface area contributed by atoms with E-state index in [1.54, 1.807) is 39.5 Å². The summed E-state index contributed by atoms with van der Waals surface area (Å²) in [6.07, 6.45) is -1.07. The lowest BCUT2D eigenvalue weighted by Crippen LogP contribution is -2.58. The van der Waals surface area contributed by atoms with Gasteiger partial charge in [-0.3, -0.25) is 4.79 Å². The molecule has 0 radical (unpaired) electrons. The molecule has 4 heterocycles. The van der Waals surface area contributed by atoms with E-state index >= 15 is 4.39 Å². The van der Waals surface area contributed by atoms with Crippen LogP contribution in [0.3, 0.4) is 0 Å². The van der Waals surface area contributed by atoms with Crippen molar-refractivity contribution in [3.05, 3.63) is 35.1 Å². The number of benzene rings is 1. The van der Waals surface area contributed by atoms with Crippen molar-refractivity contribution in [1.82, 2.24) is 14.8 Å². The van der Waals surface area contributed by atoms with Crippen LogP contribution in [0.25, 0.3) is 11.3 Å². The second-order valence-electron chi connectivity index (χ2n) is 12.2. The van der Waals surface area contributed by atoms with Crippen LogP contribution in [0.2, 0.25) is 0 Å². The number of aromatic nitrogens is 1. The Morgan fingerprint density at radius 2 is 1.80 bits per heavy atom. The Morgan fingerprint density at radius 3 is 2.44 bits per heavy atom. The van der Waals surface area contributed by atoms with Gasteiger partial charge in [-0.1, -0.05) is 0 Å². The van der Waals surface area contributed by atoms with Gasteiger partial charge in [-0.25, -0.2) is 22.9 Å². The van der Waals surface area contributed by atoms with Gasteiger partial charge in [0.25, 0.3) is 5.91 Å². The summed E-state index contributed by atoms with van der Waals surface area (Å²) >= 11 is 0. The maximum absolute atomic E-state index is 16.2. The number of fused-ring (bicyclic) bond motifs is 2. The molecule has 0 saturated carbocycles. The number of carbonyl (C=O) groups excluding carboxylic acids is 2. The molecule has 2 fully saturated rings. The van der Waals surface area contributed by atoms with Crippen LogP contribution < -0.4 is 9.64 Å². The Balaban J connectivity index is 1.63. The molecule has 0 bridgehead atoms. The number of aromatic hydroxyl groups is 1. The van der Waals surface area contributed by atoms with E-state index in [0.717, 1.165) is 6.07 Å². The third-order valence-electron chi connectivity index (χ3n) is 7.53. The van der Waals surface area contributed by atoms with Crippen LogP contribution in [-0.2, 0) is 4.74 Å². The number of phenolic OH excluding ortho intramolecular Hbond substituents is 1. The minimum absolute atomic E-state index is 0.0260. The average Bonchev–Trinajstić information content (AvgIpc) is 3.06. The van der Waals surface area contributed by atoms with Crippen molar-refractivity contribution in [2.75, 3.05) is 37.7 Å². The zero-order valence-electron chi connectivity index (χ0n) is 23.5. The molecule has 3 aliphatic heterocycles. The van der Waals surface area contributed by atoms with Crippen LogP contribution in [-0.4, -0.2) is 93.1 Å². The zero-order chi connectivity index (χ0) is 30.0. The van der Waals surface area contributed by atoms with Crippen molar-refractivity contribution in [1.29, 1.82) is 0 Å². The predicted molar refractivity (Wildman–Crippen MR) is 141 cm³/mol. The van der Waals surface area contributed by atoms with Crippen molar-refractivity contribution < 1.29 is 42.4 Å². The number of carbonyl (C=O) groups is 2. The Morgan fingerprint density at radius 1 is 1.12 bits per heavy atom. The van der Waals surface area contributed by atoms with Crippen LogP contribution in [0.15, 0.2) is 12.1 Å². The maximum Gasteiger partial charge on any atom is 0.410 e. The first-order chi connectivity index (χ1) is 19.1. The number of ether oxygens (including phenoxy) is 2. The molecule has 222 valence electrons. The summed E-state index contributed by atoms with van der Waals surface area (Å²) in [7, 11) is 0. The van der Waals surface area contributed by atoms with Crippen molar-refractivity contribution in [3.8, 4) is 22.8 Å². The summed E-state index contributed by atoms with van der Waals surface area (Å²) in [4.78, 5) is 35.6. The highest BCUT2D eigenvalue weighted by Gasteiger charge is 2.46. The summed E-state index contributed by atoms with van der Waals surface area (Å²) in [6.45, 7) is 8.92. The molecule has 41 heavy (non-hydrogen) atoms. The smallest absolute Gasteiger partial charge is 0.410 e. The van der Waals surface area contributed by atoms with Crippen molar-refractivity contribution >= 4 is 17.8 Å². The van der Waals surface area contributed by atoms with Crippen LogP contribution in [0.4, 0.5) is 23.8 Å². The largest absolute Gasteiger partial charge is 0.504 e. The second kappa shape index (κ2) is 9.97. The third-order valence-corrected chi connectivity index (χ3v) is 7.53. The second-order valence-corrected chi connectivity index (χ2v) is 12.2. The minimum Gasteiger partial charge on any atom is -0.504 e. The van der Waals surface area contributed by atoms with E-state index < -0.39 is 75.5 Å². The lowest BCUT2D eigenvalue weighted by Gasteiger charge is -2.40. The number of nitrogens with zero attached hydrogens (tertiary/aromatic N) is 4. The van der Waals surface area contributed by atoms with E-state index in [2.05, 4.69) is 4.98 Å². The summed E-state index contributed by atoms with van der Waals surface area (Å²) in [5.74, 6) is -5.97. The topological polar surface area (TPSA) is 116 Å². The molecule has 3 aliphatic rings. The number of hydrogen-bond donors (Lipinski definition) is 2. The molecule has 2 atom stereocenters. The standard InChI is InChI=1S/C28H33F3N4O6/c1-27(2,3)41-26(39)33-8-9-34-14(11-33)13-40-23-19(25(34)38)24(35-12-15(36)10-28(35,4)5)32-21(20(23)31)18-16(29)6-7-17(30)22(18)37/h6-7,14-15,36-37H,8-13H2,1-5H3/t14-,15?/m1/s1. The third kappa shape index (κ3) is 5.11. The molecule has 1 aromatic heterocycles.